The third kappa shape index (κ3) is 4.00. The minimum absolute atomic E-state index is 0.00444. The van der Waals surface area contributed by atoms with E-state index in [0.717, 1.165) is 42.7 Å². The van der Waals surface area contributed by atoms with Crippen LogP contribution in [0.3, 0.4) is 0 Å². The van der Waals surface area contributed by atoms with Crippen molar-refractivity contribution < 1.29 is 26.4 Å². The predicted molar refractivity (Wildman–Crippen MR) is 105 cm³/mol. The molecule has 0 radical (unpaired) electrons. The van der Waals surface area contributed by atoms with Crippen molar-refractivity contribution in [2.24, 2.45) is 5.92 Å². The number of nitrogens with one attached hydrogen (secondary N) is 1. The number of hydrogen-bond donors (Lipinski definition) is 1. The molecule has 154 valence electrons. The number of alkyl halides is 3. The Morgan fingerprint density at radius 1 is 1.14 bits per heavy atom. The Morgan fingerprint density at radius 2 is 1.79 bits per heavy atom. The van der Waals surface area contributed by atoms with Gasteiger partial charge in [0.1, 0.15) is 4.90 Å². The van der Waals surface area contributed by atoms with E-state index in [2.05, 4.69) is 20.7 Å². The Labute approximate surface area is 174 Å². The minimum Gasteiger partial charge on any atom is -0.310 e. The molecule has 1 N–H and O–H groups in total. The van der Waals surface area contributed by atoms with Crippen molar-refractivity contribution in [2.75, 3.05) is 16.2 Å². The largest absolute Gasteiger partial charge is 0.416 e. The van der Waals surface area contributed by atoms with Gasteiger partial charge in [-0.15, -0.1) is 0 Å². The summed E-state index contributed by atoms with van der Waals surface area (Å²) in [5.41, 5.74) is 0.223. The molecular weight excluding hydrogens is 473 g/mol. The second-order valence-electron chi connectivity index (χ2n) is 7.11. The van der Waals surface area contributed by atoms with Crippen LogP contribution in [0.15, 0.2) is 45.8 Å². The van der Waals surface area contributed by atoms with Gasteiger partial charge in [-0.3, -0.25) is 9.52 Å². The number of carbonyl (C=O) groups is 1. The first kappa shape index (κ1) is 20.2. The summed E-state index contributed by atoms with van der Waals surface area (Å²) in [7, 11) is -4.14. The minimum atomic E-state index is -4.51. The van der Waals surface area contributed by atoms with Gasteiger partial charge < -0.3 is 4.90 Å². The van der Waals surface area contributed by atoms with E-state index in [1.54, 1.807) is 6.07 Å². The van der Waals surface area contributed by atoms with Crippen LogP contribution in [0.2, 0.25) is 0 Å². The molecule has 2 aliphatic rings. The van der Waals surface area contributed by atoms with E-state index in [1.807, 2.05) is 0 Å². The Bertz CT molecular complexity index is 1080. The average Bonchev–Trinajstić information content (AvgIpc) is 3.40. The highest BCUT2D eigenvalue weighted by atomic mass is 79.9. The number of carbonyl (C=O) groups excluding carboxylic acids is 1. The molecule has 0 bridgehead atoms. The van der Waals surface area contributed by atoms with Crippen LogP contribution in [-0.4, -0.2) is 20.9 Å². The van der Waals surface area contributed by atoms with Crippen molar-refractivity contribution in [3.8, 4) is 0 Å². The van der Waals surface area contributed by atoms with E-state index in [1.165, 1.54) is 11.0 Å². The highest BCUT2D eigenvalue weighted by Crippen LogP contribution is 2.41. The molecule has 0 spiro atoms. The van der Waals surface area contributed by atoms with Gasteiger partial charge in [-0.1, -0.05) is 15.9 Å². The average molecular weight is 489 g/mol. The Morgan fingerprint density at radius 3 is 2.38 bits per heavy atom. The van der Waals surface area contributed by atoms with E-state index in [9.17, 15) is 26.4 Å². The van der Waals surface area contributed by atoms with Gasteiger partial charge in [-0.2, -0.15) is 13.2 Å². The number of nitrogens with zero attached hydrogens (tertiary/aromatic N) is 1. The molecule has 1 aliphatic carbocycles. The lowest BCUT2D eigenvalue weighted by atomic mass is 10.2. The maximum atomic E-state index is 13.1. The van der Waals surface area contributed by atoms with Crippen molar-refractivity contribution in [1.29, 1.82) is 0 Å². The zero-order chi connectivity index (χ0) is 21.0. The first-order chi connectivity index (χ1) is 13.6. The van der Waals surface area contributed by atoms with Crippen molar-refractivity contribution in [3.63, 3.8) is 0 Å². The molecule has 2 aromatic rings. The molecular formula is C19H16BrF3N2O3S. The van der Waals surface area contributed by atoms with Gasteiger partial charge in [0.25, 0.3) is 10.0 Å². The lowest BCUT2D eigenvalue weighted by Crippen LogP contribution is -2.31. The molecule has 0 atom stereocenters. The fourth-order valence-corrected chi connectivity index (χ4v) is 5.37. The number of amides is 1. The SMILES string of the molecule is O=C(C1CC1)N1CCc2cc(Br)cc(S(=O)(=O)Nc3ccc(C(F)(F)F)cc3)c21. The predicted octanol–water partition coefficient (Wildman–Crippen LogP) is 4.57. The van der Waals surface area contributed by atoms with E-state index < -0.39 is 21.8 Å². The summed E-state index contributed by atoms with van der Waals surface area (Å²) in [6, 6.07) is 6.94. The van der Waals surface area contributed by atoms with Crippen LogP contribution >= 0.6 is 15.9 Å². The summed E-state index contributed by atoms with van der Waals surface area (Å²) in [6.07, 6.45) is -2.37. The Hall–Kier alpha value is -2.07. The fourth-order valence-electron chi connectivity index (χ4n) is 3.38. The summed E-state index contributed by atoms with van der Waals surface area (Å²) < 4.78 is 67.2. The molecule has 2 aromatic carbocycles. The maximum Gasteiger partial charge on any atom is 0.416 e. The van der Waals surface area contributed by atoms with E-state index in [0.29, 0.717) is 23.1 Å². The highest BCUT2D eigenvalue weighted by molar-refractivity contribution is 9.10. The molecule has 0 saturated heterocycles. The van der Waals surface area contributed by atoms with Gasteiger partial charge >= 0.3 is 6.18 Å². The number of rotatable bonds is 4. The summed E-state index contributed by atoms with van der Waals surface area (Å²) in [4.78, 5) is 14.1. The van der Waals surface area contributed by atoms with E-state index >= 15 is 0 Å². The molecule has 1 fully saturated rings. The molecule has 10 heteroatoms. The summed E-state index contributed by atoms with van der Waals surface area (Å²) in [5, 5.41) is 0. The molecule has 0 unspecified atom stereocenters. The van der Waals surface area contributed by atoms with Crippen LogP contribution in [0, 0.1) is 5.92 Å². The lowest BCUT2D eigenvalue weighted by Gasteiger charge is -2.21. The fraction of sp³-hybridized carbons (Fsp3) is 0.316. The Kier molecular flexibility index (Phi) is 4.89. The molecule has 1 saturated carbocycles. The van der Waals surface area contributed by atoms with Crippen molar-refractivity contribution in [1.82, 2.24) is 0 Å². The third-order valence-electron chi connectivity index (χ3n) is 4.94. The van der Waals surface area contributed by atoms with Gasteiger partial charge in [-0.25, -0.2) is 8.42 Å². The monoisotopic (exact) mass is 488 g/mol. The van der Waals surface area contributed by atoms with Crippen LogP contribution in [0.1, 0.15) is 24.0 Å². The van der Waals surface area contributed by atoms with Crippen LogP contribution in [0.25, 0.3) is 0 Å². The second kappa shape index (κ2) is 7.02. The van der Waals surface area contributed by atoms with Gasteiger partial charge in [0, 0.05) is 22.6 Å². The van der Waals surface area contributed by atoms with E-state index in [4.69, 9.17) is 0 Å². The standard InChI is InChI=1S/C19H16BrF3N2O3S/c20-14-9-12-7-8-25(18(26)11-1-2-11)17(12)16(10-14)29(27,28)24-15-5-3-13(4-6-15)19(21,22)23/h3-6,9-11,24H,1-2,7-8H2. The first-order valence-corrected chi connectivity index (χ1v) is 11.2. The van der Waals surface area contributed by atoms with Crippen LogP contribution in [0.5, 0.6) is 0 Å². The third-order valence-corrected chi connectivity index (χ3v) is 6.79. The van der Waals surface area contributed by atoms with Crippen molar-refractivity contribution >= 4 is 43.2 Å². The van der Waals surface area contributed by atoms with Crippen LogP contribution < -0.4 is 9.62 Å². The number of benzene rings is 2. The van der Waals surface area contributed by atoms with E-state index in [-0.39, 0.29) is 22.4 Å². The molecule has 5 nitrogen and oxygen atoms in total. The number of hydrogen-bond acceptors (Lipinski definition) is 3. The molecule has 4 rings (SSSR count). The lowest BCUT2D eigenvalue weighted by molar-refractivity contribution is -0.137. The first-order valence-electron chi connectivity index (χ1n) is 8.90. The smallest absolute Gasteiger partial charge is 0.310 e. The topological polar surface area (TPSA) is 66.5 Å². The highest BCUT2D eigenvalue weighted by Gasteiger charge is 2.39. The zero-order valence-electron chi connectivity index (χ0n) is 15.0. The zero-order valence-corrected chi connectivity index (χ0v) is 17.4. The molecule has 0 aromatic heterocycles. The molecule has 1 amide bonds. The quantitative estimate of drug-likeness (QED) is 0.685. The summed E-state index contributed by atoms with van der Waals surface area (Å²) >= 11 is 3.30. The number of fused-ring (bicyclic) bond motifs is 1. The number of sulfonamides is 1. The van der Waals surface area contributed by atoms with Gasteiger partial charge in [0.15, 0.2) is 0 Å². The number of anilines is 2. The summed E-state index contributed by atoms with van der Waals surface area (Å²) in [6.45, 7) is 0.407. The molecule has 29 heavy (non-hydrogen) atoms. The second-order valence-corrected chi connectivity index (χ2v) is 9.67. The van der Waals surface area contributed by atoms with Crippen LogP contribution in [-0.2, 0) is 27.4 Å². The molecule has 1 heterocycles. The van der Waals surface area contributed by atoms with Gasteiger partial charge in [0.05, 0.1) is 11.3 Å². The van der Waals surface area contributed by atoms with Crippen molar-refractivity contribution in [2.45, 2.75) is 30.3 Å². The Balaban J connectivity index is 1.69. The van der Waals surface area contributed by atoms with Crippen molar-refractivity contribution in [3.05, 3.63) is 52.0 Å². The van der Waals surface area contributed by atoms with Crippen LogP contribution in [0.4, 0.5) is 24.5 Å². The molecule has 1 aliphatic heterocycles. The van der Waals surface area contributed by atoms with Gasteiger partial charge in [0.2, 0.25) is 5.91 Å². The normalized spacial score (nSPS) is 16.6. The maximum absolute atomic E-state index is 13.1. The van der Waals surface area contributed by atoms with Gasteiger partial charge in [-0.05, 0) is 61.2 Å². The summed E-state index contributed by atoms with van der Waals surface area (Å²) in [5.74, 6) is -0.153. The number of halogens is 4.